The van der Waals surface area contributed by atoms with Gasteiger partial charge in [-0.2, -0.15) is 0 Å². The number of nitrogens with one attached hydrogen (secondary N) is 1. The number of halogens is 2. The minimum atomic E-state index is -0.378. The first-order chi connectivity index (χ1) is 14.3. The Labute approximate surface area is 184 Å². The maximum Gasteiger partial charge on any atom is 0.336 e. The van der Waals surface area contributed by atoms with Crippen LogP contribution < -0.4 is 10.9 Å². The lowest BCUT2D eigenvalue weighted by Gasteiger charge is -2.24. The van der Waals surface area contributed by atoms with E-state index in [1.54, 1.807) is 18.2 Å². The molecule has 0 aliphatic carbocycles. The SMILES string of the molecule is Cc1ccc2c(CN3CCCC3C(=O)Nc3cc(Cl)ccc3Cl)cc(=O)oc2c1C. The van der Waals surface area contributed by atoms with Gasteiger partial charge in [0, 0.05) is 23.0 Å². The summed E-state index contributed by atoms with van der Waals surface area (Å²) in [7, 11) is 0. The number of carbonyl (C=O) groups excluding carboxylic acids is 1. The molecule has 1 aliphatic rings. The summed E-state index contributed by atoms with van der Waals surface area (Å²) in [5.74, 6) is -0.129. The summed E-state index contributed by atoms with van der Waals surface area (Å²) in [6, 6.07) is 10.2. The van der Waals surface area contributed by atoms with E-state index in [1.807, 2.05) is 26.0 Å². The quantitative estimate of drug-likeness (QED) is 0.553. The molecule has 0 bridgehead atoms. The van der Waals surface area contributed by atoms with Gasteiger partial charge in [0.2, 0.25) is 5.91 Å². The average Bonchev–Trinajstić information content (AvgIpc) is 3.16. The van der Waals surface area contributed by atoms with Gasteiger partial charge in [-0.25, -0.2) is 4.79 Å². The van der Waals surface area contributed by atoms with Crippen LogP contribution in [0.15, 0.2) is 45.6 Å². The van der Waals surface area contributed by atoms with E-state index in [0.717, 1.165) is 41.5 Å². The summed E-state index contributed by atoms with van der Waals surface area (Å²) < 4.78 is 5.48. The molecule has 0 radical (unpaired) electrons. The summed E-state index contributed by atoms with van der Waals surface area (Å²) in [6.07, 6.45) is 1.64. The van der Waals surface area contributed by atoms with Gasteiger partial charge in [-0.1, -0.05) is 35.3 Å². The molecule has 1 amide bonds. The van der Waals surface area contributed by atoms with Crippen LogP contribution in [-0.4, -0.2) is 23.4 Å². The molecule has 0 saturated carbocycles. The number of amides is 1. The molecule has 7 heteroatoms. The number of hydrogen-bond acceptors (Lipinski definition) is 4. The monoisotopic (exact) mass is 444 g/mol. The van der Waals surface area contributed by atoms with Crippen LogP contribution in [0.1, 0.15) is 29.5 Å². The van der Waals surface area contributed by atoms with Crippen molar-refractivity contribution >= 4 is 45.8 Å². The topological polar surface area (TPSA) is 62.6 Å². The van der Waals surface area contributed by atoms with Crippen LogP contribution in [-0.2, 0) is 11.3 Å². The highest BCUT2D eigenvalue weighted by Crippen LogP contribution is 2.29. The van der Waals surface area contributed by atoms with E-state index < -0.39 is 0 Å². The van der Waals surface area contributed by atoms with Crippen LogP contribution in [0.4, 0.5) is 5.69 Å². The third-order valence-corrected chi connectivity index (χ3v) is 6.31. The molecule has 1 saturated heterocycles. The van der Waals surface area contributed by atoms with Crippen molar-refractivity contribution in [1.29, 1.82) is 0 Å². The zero-order chi connectivity index (χ0) is 21.4. The zero-order valence-corrected chi connectivity index (χ0v) is 18.3. The van der Waals surface area contributed by atoms with Gasteiger partial charge in [0.25, 0.3) is 0 Å². The predicted molar refractivity (Wildman–Crippen MR) is 120 cm³/mol. The van der Waals surface area contributed by atoms with Gasteiger partial charge in [-0.3, -0.25) is 9.69 Å². The Hall–Kier alpha value is -2.34. The third-order valence-electron chi connectivity index (χ3n) is 5.74. The third kappa shape index (κ3) is 4.10. The highest BCUT2D eigenvalue weighted by Gasteiger charge is 2.31. The molecular formula is C23H22Cl2N2O3. The van der Waals surface area contributed by atoms with Crippen molar-refractivity contribution < 1.29 is 9.21 Å². The first-order valence-corrected chi connectivity index (χ1v) is 10.6. The molecule has 1 atom stereocenters. The molecule has 2 heterocycles. The van der Waals surface area contributed by atoms with Crippen molar-refractivity contribution in [3.8, 4) is 0 Å². The molecule has 2 aromatic carbocycles. The molecule has 1 fully saturated rings. The Balaban J connectivity index is 1.60. The Bertz CT molecular complexity index is 1190. The zero-order valence-electron chi connectivity index (χ0n) is 16.8. The second-order valence-electron chi connectivity index (χ2n) is 7.72. The van der Waals surface area contributed by atoms with Gasteiger partial charge in [0.15, 0.2) is 0 Å². The van der Waals surface area contributed by atoms with Crippen LogP contribution in [0.2, 0.25) is 10.0 Å². The Kier molecular flexibility index (Phi) is 5.87. The molecule has 1 N–H and O–H groups in total. The lowest BCUT2D eigenvalue weighted by Crippen LogP contribution is -2.39. The lowest BCUT2D eigenvalue weighted by atomic mass is 10.0. The summed E-state index contributed by atoms with van der Waals surface area (Å²) in [6.45, 7) is 5.20. The smallest absolute Gasteiger partial charge is 0.336 e. The number of likely N-dealkylation sites (tertiary alicyclic amines) is 1. The van der Waals surface area contributed by atoms with Gasteiger partial charge < -0.3 is 9.73 Å². The van der Waals surface area contributed by atoms with E-state index in [9.17, 15) is 9.59 Å². The second-order valence-corrected chi connectivity index (χ2v) is 8.56. The van der Waals surface area contributed by atoms with Crippen molar-refractivity contribution in [2.75, 3.05) is 11.9 Å². The normalized spacial score (nSPS) is 16.9. The van der Waals surface area contributed by atoms with Gasteiger partial charge in [0.05, 0.1) is 16.8 Å². The van der Waals surface area contributed by atoms with E-state index in [-0.39, 0.29) is 17.6 Å². The first kappa shape index (κ1) is 20.9. The summed E-state index contributed by atoms with van der Waals surface area (Å²) in [4.78, 5) is 27.2. The van der Waals surface area contributed by atoms with E-state index in [4.69, 9.17) is 27.6 Å². The number of hydrogen-bond donors (Lipinski definition) is 1. The number of anilines is 1. The first-order valence-electron chi connectivity index (χ1n) is 9.86. The maximum absolute atomic E-state index is 13.0. The van der Waals surface area contributed by atoms with Gasteiger partial charge in [-0.05, 0) is 68.1 Å². The van der Waals surface area contributed by atoms with E-state index in [1.165, 1.54) is 6.07 Å². The molecule has 0 spiro atoms. The maximum atomic E-state index is 13.0. The Morgan fingerprint density at radius 3 is 2.80 bits per heavy atom. The predicted octanol–water partition coefficient (Wildman–Crippen LogP) is 5.32. The van der Waals surface area contributed by atoms with E-state index >= 15 is 0 Å². The molecule has 5 nitrogen and oxygen atoms in total. The van der Waals surface area contributed by atoms with Crippen molar-refractivity contribution in [3.05, 3.63) is 73.6 Å². The lowest BCUT2D eigenvalue weighted by molar-refractivity contribution is -0.120. The number of nitrogens with zero attached hydrogens (tertiary/aromatic N) is 1. The second kappa shape index (κ2) is 8.42. The average molecular weight is 445 g/mol. The number of benzene rings is 2. The highest BCUT2D eigenvalue weighted by atomic mass is 35.5. The number of carbonyl (C=O) groups is 1. The Morgan fingerprint density at radius 2 is 2.00 bits per heavy atom. The summed E-state index contributed by atoms with van der Waals surface area (Å²) in [5, 5.41) is 4.75. The molecule has 3 aromatic rings. The fourth-order valence-corrected chi connectivity index (χ4v) is 4.33. The molecule has 1 unspecified atom stereocenters. The van der Waals surface area contributed by atoms with Gasteiger partial charge in [-0.15, -0.1) is 0 Å². The van der Waals surface area contributed by atoms with Crippen LogP contribution in [0.3, 0.4) is 0 Å². The van der Waals surface area contributed by atoms with Gasteiger partial charge in [0.1, 0.15) is 5.58 Å². The van der Waals surface area contributed by atoms with Crippen LogP contribution in [0.25, 0.3) is 11.0 Å². The van der Waals surface area contributed by atoms with Gasteiger partial charge >= 0.3 is 5.63 Å². The van der Waals surface area contributed by atoms with Crippen LogP contribution in [0, 0.1) is 13.8 Å². The molecule has 1 aliphatic heterocycles. The van der Waals surface area contributed by atoms with Crippen molar-refractivity contribution in [1.82, 2.24) is 4.90 Å². The number of fused-ring (bicyclic) bond motifs is 1. The number of rotatable bonds is 4. The van der Waals surface area contributed by atoms with Crippen molar-refractivity contribution in [2.45, 2.75) is 39.3 Å². The van der Waals surface area contributed by atoms with Crippen LogP contribution in [0.5, 0.6) is 0 Å². The molecule has 1 aromatic heterocycles. The fourth-order valence-electron chi connectivity index (χ4n) is 4.00. The van der Waals surface area contributed by atoms with Crippen molar-refractivity contribution in [2.24, 2.45) is 0 Å². The molecule has 4 rings (SSSR count). The van der Waals surface area contributed by atoms with Crippen LogP contribution >= 0.6 is 23.2 Å². The van der Waals surface area contributed by atoms with E-state index in [0.29, 0.717) is 27.9 Å². The molecule has 156 valence electrons. The van der Waals surface area contributed by atoms with Crippen molar-refractivity contribution in [3.63, 3.8) is 0 Å². The summed E-state index contributed by atoms with van der Waals surface area (Å²) in [5.41, 5.74) is 3.63. The van der Waals surface area contributed by atoms with E-state index in [2.05, 4.69) is 10.2 Å². The highest BCUT2D eigenvalue weighted by molar-refractivity contribution is 6.35. The molecule has 30 heavy (non-hydrogen) atoms. The fraction of sp³-hybridized carbons (Fsp3) is 0.304. The minimum Gasteiger partial charge on any atom is -0.422 e. The number of aryl methyl sites for hydroxylation is 2. The summed E-state index contributed by atoms with van der Waals surface area (Å²) >= 11 is 12.2. The Morgan fingerprint density at radius 1 is 1.20 bits per heavy atom. The largest absolute Gasteiger partial charge is 0.422 e. The minimum absolute atomic E-state index is 0.129. The standard InChI is InChI=1S/C23H22Cl2N2O3/c1-13-5-7-17-15(10-21(28)30-22(17)14(13)2)12-27-9-3-4-20(27)23(29)26-19-11-16(24)6-8-18(19)25/h5-8,10-11,20H,3-4,9,12H2,1-2H3,(H,26,29). The molecular weight excluding hydrogens is 423 g/mol.